The number of amides is 3. The predicted molar refractivity (Wildman–Crippen MR) is 82.9 cm³/mol. The molecule has 1 atom stereocenters. The number of rotatable bonds is 6. The molecule has 120 valence electrons. The maximum atomic E-state index is 11.9. The topological polar surface area (TPSA) is 71.9 Å². The van der Waals surface area contributed by atoms with Gasteiger partial charge in [0.25, 0.3) is 5.91 Å². The van der Waals surface area contributed by atoms with Crippen molar-refractivity contribution in [2.75, 3.05) is 20.7 Å². The third-order valence-corrected chi connectivity index (χ3v) is 3.56. The minimum atomic E-state index is -0.395. The molecule has 1 aromatic rings. The van der Waals surface area contributed by atoms with Crippen LogP contribution in [0.25, 0.3) is 0 Å². The number of carbonyl (C=O) groups excluding carboxylic acids is 2. The number of likely N-dealkylation sites (N-methyl/N-ethyl adjacent to an activating group) is 1. The average Bonchev–Trinajstić information content (AvgIpc) is 3.22. The van der Waals surface area contributed by atoms with Gasteiger partial charge in [0.2, 0.25) is 0 Å². The van der Waals surface area contributed by atoms with Crippen LogP contribution in [0.2, 0.25) is 0 Å². The third-order valence-electron chi connectivity index (χ3n) is 3.56. The van der Waals surface area contributed by atoms with Crippen LogP contribution in [0.4, 0.5) is 4.79 Å². The minimum Gasteiger partial charge on any atom is -0.496 e. The summed E-state index contributed by atoms with van der Waals surface area (Å²) in [5, 5.41) is 5.10. The summed E-state index contributed by atoms with van der Waals surface area (Å²) in [6, 6.07) is 5.83. The van der Waals surface area contributed by atoms with Gasteiger partial charge >= 0.3 is 6.03 Å². The van der Waals surface area contributed by atoms with Crippen molar-refractivity contribution in [3.05, 3.63) is 29.3 Å². The molecule has 3 N–H and O–H groups in total. The fraction of sp³-hybridized carbons (Fsp3) is 0.500. The van der Waals surface area contributed by atoms with Crippen molar-refractivity contribution in [3.8, 4) is 5.75 Å². The van der Waals surface area contributed by atoms with Gasteiger partial charge in [0.1, 0.15) is 12.3 Å². The number of hydrogen-bond acceptors (Lipinski definition) is 3. The molecule has 1 aromatic carbocycles. The molecule has 0 aliphatic heterocycles. The highest BCUT2D eigenvalue weighted by Crippen LogP contribution is 2.18. The highest BCUT2D eigenvalue weighted by Gasteiger charge is 2.24. The molecular weight excluding hydrogens is 282 g/mol. The quantitative estimate of drug-likeness (QED) is 0.693. The van der Waals surface area contributed by atoms with Crippen molar-refractivity contribution >= 4 is 11.9 Å². The Labute approximate surface area is 130 Å². The molecule has 6 nitrogen and oxygen atoms in total. The lowest BCUT2D eigenvalue weighted by atomic mass is 10.1. The van der Waals surface area contributed by atoms with E-state index < -0.39 is 6.03 Å². The van der Waals surface area contributed by atoms with Crippen molar-refractivity contribution in [3.63, 3.8) is 0 Å². The highest BCUT2D eigenvalue weighted by molar-refractivity contribution is 5.94. The number of carbonyl (C=O) groups is 2. The first-order chi connectivity index (χ1) is 10.5. The van der Waals surface area contributed by atoms with Crippen LogP contribution < -0.4 is 20.3 Å². The maximum Gasteiger partial charge on any atom is 0.321 e. The average molecular weight is 306 g/mol. The maximum absolute atomic E-state index is 11.9. The Hall–Kier alpha value is -2.08. The van der Waals surface area contributed by atoms with E-state index in [1.165, 1.54) is 0 Å². The highest BCUT2D eigenvalue weighted by atomic mass is 16.5. The lowest BCUT2D eigenvalue weighted by Crippen LogP contribution is -3.09. The van der Waals surface area contributed by atoms with Gasteiger partial charge in [0, 0.05) is 11.6 Å². The number of nitrogens with one attached hydrogen (secondary N) is 3. The Balaban J connectivity index is 1.83. The Bertz CT molecular complexity index is 556. The molecule has 0 bridgehead atoms. The van der Waals surface area contributed by atoms with E-state index in [0.717, 1.165) is 34.6 Å². The fourth-order valence-corrected chi connectivity index (χ4v) is 2.33. The first-order valence-corrected chi connectivity index (χ1v) is 7.53. The number of benzene rings is 1. The van der Waals surface area contributed by atoms with Crippen molar-refractivity contribution in [2.24, 2.45) is 0 Å². The summed E-state index contributed by atoms with van der Waals surface area (Å²) >= 11 is 0. The first-order valence-electron chi connectivity index (χ1n) is 7.53. The van der Waals surface area contributed by atoms with Crippen LogP contribution in [0, 0.1) is 6.92 Å². The summed E-state index contributed by atoms with van der Waals surface area (Å²) in [6.07, 6.45) is 2.00. The second-order valence-corrected chi connectivity index (χ2v) is 5.92. The Morgan fingerprint density at radius 1 is 1.36 bits per heavy atom. The van der Waals surface area contributed by atoms with Crippen LogP contribution >= 0.6 is 0 Å². The van der Waals surface area contributed by atoms with E-state index in [0.29, 0.717) is 6.54 Å². The van der Waals surface area contributed by atoms with Crippen LogP contribution in [-0.4, -0.2) is 38.7 Å². The Morgan fingerprint density at radius 3 is 2.73 bits per heavy atom. The summed E-state index contributed by atoms with van der Waals surface area (Å²) in [6.45, 7) is 2.91. The molecule has 1 unspecified atom stereocenters. The second-order valence-electron chi connectivity index (χ2n) is 5.92. The standard InChI is InChI=1S/C16H23N3O3/c1-11-4-7-14(22-3)12(8-11)9-19(2)10-15(20)18-16(21)17-13-5-6-13/h4,7-8,13H,5-6,9-10H2,1-3H3,(H2,17,18,20,21)/p+1. The summed E-state index contributed by atoms with van der Waals surface area (Å²) in [5.74, 6) is 0.541. The van der Waals surface area contributed by atoms with Gasteiger partial charge in [-0.25, -0.2) is 4.79 Å². The molecule has 0 aromatic heterocycles. The summed E-state index contributed by atoms with van der Waals surface area (Å²) < 4.78 is 5.34. The largest absolute Gasteiger partial charge is 0.496 e. The molecular formula is C16H24N3O3+. The van der Waals surface area contributed by atoms with E-state index in [1.807, 2.05) is 26.1 Å². The first kappa shape index (κ1) is 16.3. The number of hydrogen-bond donors (Lipinski definition) is 3. The Morgan fingerprint density at radius 2 is 2.09 bits per heavy atom. The van der Waals surface area contributed by atoms with Crippen LogP contribution in [0.3, 0.4) is 0 Å². The molecule has 6 heteroatoms. The number of aryl methyl sites for hydroxylation is 1. The molecule has 1 saturated carbocycles. The van der Waals surface area contributed by atoms with Crippen molar-refractivity contribution in [1.82, 2.24) is 10.6 Å². The molecule has 3 amide bonds. The van der Waals surface area contributed by atoms with Gasteiger partial charge in [0.15, 0.2) is 6.54 Å². The number of ether oxygens (including phenoxy) is 1. The van der Waals surface area contributed by atoms with E-state index in [1.54, 1.807) is 7.11 Å². The normalized spacial score (nSPS) is 15.0. The predicted octanol–water partition coefficient (Wildman–Crippen LogP) is 0.00652. The lowest BCUT2D eigenvalue weighted by Gasteiger charge is -2.16. The van der Waals surface area contributed by atoms with Gasteiger partial charge in [-0.2, -0.15) is 0 Å². The zero-order valence-corrected chi connectivity index (χ0v) is 13.4. The van der Waals surface area contributed by atoms with Crippen LogP contribution in [-0.2, 0) is 11.3 Å². The number of methoxy groups -OCH3 is 1. The number of imide groups is 1. The molecule has 0 heterocycles. The minimum absolute atomic E-state index is 0.231. The van der Waals surface area contributed by atoms with E-state index in [2.05, 4.69) is 16.7 Å². The van der Waals surface area contributed by atoms with E-state index in [-0.39, 0.29) is 18.5 Å². The van der Waals surface area contributed by atoms with Crippen LogP contribution in [0.15, 0.2) is 18.2 Å². The van der Waals surface area contributed by atoms with Crippen molar-refractivity contribution in [1.29, 1.82) is 0 Å². The summed E-state index contributed by atoms with van der Waals surface area (Å²) in [4.78, 5) is 24.4. The van der Waals surface area contributed by atoms with Crippen LogP contribution in [0.5, 0.6) is 5.75 Å². The molecule has 2 rings (SSSR count). The molecule has 1 aliphatic rings. The Kier molecular flexibility index (Phi) is 5.38. The smallest absolute Gasteiger partial charge is 0.321 e. The fourth-order valence-electron chi connectivity index (χ4n) is 2.33. The zero-order chi connectivity index (χ0) is 16.1. The van der Waals surface area contributed by atoms with E-state index in [4.69, 9.17) is 4.74 Å². The SMILES string of the molecule is COc1ccc(C)cc1C[NH+](C)CC(=O)NC(=O)NC1CC1. The van der Waals surface area contributed by atoms with Gasteiger partial charge in [-0.05, 0) is 31.9 Å². The monoisotopic (exact) mass is 306 g/mol. The van der Waals surface area contributed by atoms with Gasteiger partial charge in [-0.15, -0.1) is 0 Å². The number of urea groups is 1. The molecule has 0 radical (unpaired) electrons. The van der Waals surface area contributed by atoms with Crippen LogP contribution in [0.1, 0.15) is 24.0 Å². The van der Waals surface area contributed by atoms with Gasteiger partial charge in [-0.3, -0.25) is 10.1 Å². The molecule has 22 heavy (non-hydrogen) atoms. The molecule has 1 fully saturated rings. The van der Waals surface area contributed by atoms with Gasteiger partial charge in [0.05, 0.1) is 14.2 Å². The second kappa shape index (κ2) is 7.26. The molecule has 1 aliphatic carbocycles. The van der Waals surface area contributed by atoms with Gasteiger partial charge in [-0.1, -0.05) is 11.6 Å². The number of quaternary nitrogens is 1. The van der Waals surface area contributed by atoms with Gasteiger partial charge < -0.3 is 15.0 Å². The molecule has 0 spiro atoms. The molecule has 0 saturated heterocycles. The van der Waals surface area contributed by atoms with Crippen molar-refractivity contribution < 1.29 is 19.2 Å². The lowest BCUT2D eigenvalue weighted by molar-refractivity contribution is -0.885. The zero-order valence-electron chi connectivity index (χ0n) is 13.4. The summed E-state index contributed by atoms with van der Waals surface area (Å²) in [7, 11) is 3.55. The van der Waals surface area contributed by atoms with E-state index in [9.17, 15) is 9.59 Å². The summed E-state index contributed by atoms with van der Waals surface area (Å²) in [5.41, 5.74) is 2.20. The third kappa shape index (κ3) is 5.04. The van der Waals surface area contributed by atoms with E-state index >= 15 is 0 Å². The van der Waals surface area contributed by atoms with Crippen molar-refractivity contribution in [2.45, 2.75) is 32.4 Å².